The fraction of sp³-hybridized carbons (Fsp3) is 0.118. The standard InChI is InChI=1S/C17H16N8O2/c26-16(23-27)6-5-12-10-25(24-22-12)15(9-11-7-8-18-21-11)17-19-13-3-1-2-4-14(13)20-17/h1-8,10,15,27H,9H2,(H,18,21)(H,19,20)(H,23,26). The minimum absolute atomic E-state index is 0.251. The van der Waals surface area contributed by atoms with Crippen LogP contribution in [0.2, 0.25) is 0 Å². The molecule has 0 aliphatic rings. The number of benzene rings is 1. The Bertz CT molecular complexity index is 1050. The number of carbonyl (C=O) groups excluding carboxylic acids is 1. The number of rotatable bonds is 6. The van der Waals surface area contributed by atoms with Gasteiger partial charge < -0.3 is 4.98 Å². The highest BCUT2D eigenvalue weighted by atomic mass is 16.5. The molecule has 0 saturated heterocycles. The number of nitrogens with one attached hydrogen (secondary N) is 3. The Hall–Kier alpha value is -3.79. The summed E-state index contributed by atoms with van der Waals surface area (Å²) in [6, 6.07) is 9.41. The molecule has 0 saturated carbocycles. The monoisotopic (exact) mass is 364 g/mol. The molecule has 0 aliphatic carbocycles. The van der Waals surface area contributed by atoms with Crippen LogP contribution in [0.1, 0.15) is 23.3 Å². The molecule has 1 amide bonds. The number of amides is 1. The van der Waals surface area contributed by atoms with Crippen molar-refractivity contribution in [2.75, 3.05) is 0 Å². The van der Waals surface area contributed by atoms with E-state index < -0.39 is 5.91 Å². The van der Waals surface area contributed by atoms with Crippen LogP contribution in [0.3, 0.4) is 0 Å². The number of nitrogens with zero attached hydrogens (tertiary/aromatic N) is 5. The Kier molecular flexibility index (Phi) is 4.45. The van der Waals surface area contributed by atoms with E-state index in [2.05, 4.69) is 30.5 Å². The first-order valence-corrected chi connectivity index (χ1v) is 8.20. The quantitative estimate of drug-likeness (QED) is 0.231. The molecule has 3 heterocycles. The summed E-state index contributed by atoms with van der Waals surface area (Å²) in [5.41, 5.74) is 4.72. The molecular formula is C17H16N8O2. The molecule has 27 heavy (non-hydrogen) atoms. The van der Waals surface area contributed by atoms with Crippen LogP contribution in [0, 0.1) is 0 Å². The van der Waals surface area contributed by atoms with Crippen molar-refractivity contribution >= 4 is 23.0 Å². The SMILES string of the molecule is O=C(C=Cc1cn(C(Cc2ccn[nH]2)c2nc3ccccc3[nH]2)nn1)NO. The largest absolute Gasteiger partial charge is 0.340 e. The second-order valence-electron chi connectivity index (χ2n) is 5.87. The van der Waals surface area contributed by atoms with Crippen LogP contribution in [-0.2, 0) is 11.2 Å². The van der Waals surface area contributed by atoms with Gasteiger partial charge in [-0.3, -0.25) is 15.1 Å². The zero-order chi connectivity index (χ0) is 18.6. The first kappa shape index (κ1) is 16.7. The van der Waals surface area contributed by atoms with Crippen molar-refractivity contribution in [3.8, 4) is 0 Å². The number of hydroxylamine groups is 1. The second-order valence-corrected chi connectivity index (χ2v) is 5.87. The molecule has 10 heteroatoms. The summed E-state index contributed by atoms with van der Waals surface area (Å²) in [5.74, 6) is 0.0928. The number of para-hydroxylation sites is 2. The van der Waals surface area contributed by atoms with E-state index in [-0.39, 0.29) is 6.04 Å². The predicted molar refractivity (Wildman–Crippen MR) is 95.5 cm³/mol. The lowest BCUT2D eigenvalue weighted by Crippen LogP contribution is -2.16. The van der Waals surface area contributed by atoms with Gasteiger partial charge in [-0.15, -0.1) is 5.10 Å². The summed E-state index contributed by atoms with van der Waals surface area (Å²) in [4.78, 5) is 19.1. The number of hydrogen-bond donors (Lipinski definition) is 4. The predicted octanol–water partition coefficient (Wildman–Crippen LogP) is 1.23. The summed E-state index contributed by atoms with van der Waals surface area (Å²) in [6.07, 6.45) is 6.59. The Morgan fingerprint density at radius 2 is 2.22 bits per heavy atom. The molecule has 1 aromatic carbocycles. The van der Waals surface area contributed by atoms with Gasteiger partial charge in [0.1, 0.15) is 17.6 Å². The van der Waals surface area contributed by atoms with Crippen molar-refractivity contribution in [2.24, 2.45) is 0 Å². The summed E-state index contributed by atoms with van der Waals surface area (Å²) in [7, 11) is 0. The van der Waals surface area contributed by atoms with Gasteiger partial charge in [-0.05, 0) is 24.3 Å². The lowest BCUT2D eigenvalue weighted by atomic mass is 10.1. The number of imidazole rings is 1. The van der Waals surface area contributed by atoms with Gasteiger partial charge in [-0.1, -0.05) is 17.3 Å². The summed E-state index contributed by atoms with van der Waals surface area (Å²) in [6.45, 7) is 0. The van der Waals surface area contributed by atoms with Crippen molar-refractivity contribution < 1.29 is 10.0 Å². The molecule has 10 nitrogen and oxygen atoms in total. The number of aromatic amines is 2. The minimum Gasteiger partial charge on any atom is -0.340 e. The van der Waals surface area contributed by atoms with E-state index >= 15 is 0 Å². The van der Waals surface area contributed by atoms with Crippen LogP contribution in [0.25, 0.3) is 17.1 Å². The number of hydrogen-bond acceptors (Lipinski definition) is 6. The molecule has 3 aromatic heterocycles. The maximum absolute atomic E-state index is 11.1. The Morgan fingerprint density at radius 1 is 1.33 bits per heavy atom. The maximum atomic E-state index is 11.1. The van der Waals surface area contributed by atoms with E-state index in [9.17, 15) is 4.79 Å². The van der Waals surface area contributed by atoms with Gasteiger partial charge >= 0.3 is 0 Å². The first-order chi connectivity index (χ1) is 13.2. The maximum Gasteiger partial charge on any atom is 0.267 e. The highest BCUT2D eigenvalue weighted by Crippen LogP contribution is 2.22. The number of carbonyl (C=O) groups is 1. The minimum atomic E-state index is -0.643. The molecule has 4 aromatic rings. The van der Waals surface area contributed by atoms with Crippen molar-refractivity contribution in [1.82, 2.24) is 40.6 Å². The van der Waals surface area contributed by atoms with Crippen LogP contribution in [-0.4, -0.2) is 46.3 Å². The van der Waals surface area contributed by atoms with Gasteiger partial charge in [-0.2, -0.15) is 5.10 Å². The third-order valence-corrected chi connectivity index (χ3v) is 4.06. The van der Waals surface area contributed by atoms with Crippen LogP contribution in [0.15, 0.2) is 48.8 Å². The van der Waals surface area contributed by atoms with Gasteiger partial charge in [-0.25, -0.2) is 15.1 Å². The Morgan fingerprint density at radius 3 is 3.00 bits per heavy atom. The van der Waals surface area contributed by atoms with E-state index in [1.165, 1.54) is 17.6 Å². The van der Waals surface area contributed by atoms with E-state index in [0.29, 0.717) is 12.1 Å². The number of fused-ring (bicyclic) bond motifs is 1. The fourth-order valence-corrected chi connectivity index (χ4v) is 2.77. The zero-order valence-corrected chi connectivity index (χ0v) is 14.1. The van der Waals surface area contributed by atoms with Crippen LogP contribution < -0.4 is 5.48 Å². The Labute approximate surface area is 152 Å². The van der Waals surface area contributed by atoms with Crippen molar-refractivity contribution in [1.29, 1.82) is 0 Å². The second kappa shape index (κ2) is 7.22. The molecule has 0 bridgehead atoms. The molecule has 4 N–H and O–H groups in total. The summed E-state index contributed by atoms with van der Waals surface area (Å²) < 4.78 is 1.68. The number of aromatic nitrogens is 7. The van der Waals surface area contributed by atoms with Gasteiger partial charge in [0, 0.05) is 24.4 Å². The van der Waals surface area contributed by atoms with E-state index in [0.717, 1.165) is 22.6 Å². The molecule has 0 fully saturated rings. The molecule has 0 radical (unpaired) electrons. The van der Waals surface area contributed by atoms with E-state index in [4.69, 9.17) is 5.21 Å². The lowest BCUT2D eigenvalue weighted by Gasteiger charge is -2.13. The van der Waals surface area contributed by atoms with Crippen LogP contribution >= 0.6 is 0 Å². The smallest absolute Gasteiger partial charge is 0.267 e. The third-order valence-electron chi connectivity index (χ3n) is 4.06. The first-order valence-electron chi connectivity index (χ1n) is 8.20. The molecule has 0 spiro atoms. The highest BCUT2D eigenvalue weighted by molar-refractivity contribution is 5.90. The summed E-state index contributed by atoms with van der Waals surface area (Å²) >= 11 is 0. The molecule has 136 valence electrons. The van der Waals surface area contributed by atoms with Crippen molar-refractivity contribution in [3.63, 3.8) is 0 Å². The van der Waals surface area contributed by atoms with Gasteiger partial charge in [0.2, 0.25) is 0 Å². The molecule has 0 aliphatic heterocycles. The van der Waals surface area contributed by atoms with Crippen LogP contribution in [0.5, 0.6) is 0 Å². The van der Waals surface area contributed by atoms with E-state index in [1.807, 2.05) is 30.3 Å². The Balaban J connectivity index is 1.69. The third kappa shape index (κ3) is 3.60. The average molecular weight is 364 g/mol. The fourth-order valence-electron chi connectivity index (χ4n) is 2.77. The van der Waals surface area contributed by atoms with E-state index in [1.54, 1.807) is 17.1 Å². The zero-order valence-electron chi connectivity index (χ0n) is 14.1. The van der Waals surface area contributed by atoms with Crippen molar-refractivity contribution in [2.45, 2.75) is 12.5 Å². The molecular weight excluding hydrogens is 348 g/mol. The molecule has 1 unspecified atom stereocenters. The lowest BCUT2D eigenvalue weighted by molar-refractivity contribution is -0.124. The topological polar surface area (TPSA) is 137 Å². The van der Waals surface area contributed by atoms with Crippen molar-refractivity contribution in [3.05, 3.63) is 66.0 Å². The normalized spacial score (nSPS) is 12.6. The van der Waals surface area contributed by atoms with Crippen LogP contribution in [0.4, 0.5) is 0 Å². The van der Waals surface area contributed by atoms with Gasteiger partial charge in [0.15, 0.2) is 0 Å². The summed E-state index contributed by atoms with van der Waals surface area (Å²) in [5, 5.41) is 23.7. The molecule has 4 rings (SSSR count). The average Bonchev–Trinajstić information content (AvgIpc) is 3.44. The highest BCUT2D eigenvalue weighted by Gasteiger charge is 2.21. The molecule has 1 atom stereocenters. The van der Waals surface area contributed by atoms with Gasteiger partial charge in [0.05, 0.1) is 17.2 Å². The number of H-pyrrole nitrogens is 2. The van der Waals surface area contributed by atoms with Gasteiger partial charge in [0.25, 0.3) is 5.91 Å².